The summed E-state index contributed by atoms with van der Waals surface area (Å²) in [5.41, 5.74) is 1.39. The number of nitrogens with one attached hydrogen (secondary N) is 1. The highest BCUT2D eigenvalue weighted by Crippen LogP contribution is 2.29. The minimum atomic E-state index is -1.04. The molecule has 0 saturated heterocycles. The molecule has 1 N–H and O–H groups in total. The summed E-state index contributed by atoms with van der Waals surface area (Å²) in [4.78, 5) is 37.8. The van der Waals surface area contributed by atoms with Gasteiger partial charge in [0.15, 0.2) is 6.10 Å². The monoisotopic (exact) mass is 328 g/mol. The number of aryl methyl sites for hydroxylation is 1. The van der Waals surface area contributed by atoms with Crippen molar-refractivity contribution in [3.63, 3.8) is 0 Å². The smallest absolute Gasteiger partial charge is 0.342 e. The second-order valence-electron chi connectivity index (χ2n) is 5.43. The molecule has 1 aromatic heterocycles. The highest BCUT2D eigenvalue weighted by molar-refractivity contribution is 6.11. The summed E-state index contributed by atoms with van der Waals surface area (Å²) in [7, 11) is 0. The first kappa shape index (κ1) is 15.8. The zero-order valence-electron chi connectivity index (χ0n) is 13.2. The molecular weight excluding hydrogens is 312 g/mol. The lowest BCUT2D eigenvalue weighted by Crippen LogP contribution is -2.47. The highest BCUT2D eigenvalue weighted by Gasteiger charge is 2.31. The lowest BCUT2D eigenvalue weighted by atomic mass is 10.1. The van der Waals surface area contributed by atoms with E-state index >= 15 is 0 Å². The Hall–Kier alpha value is -3.09. The van der Waals surface area contributed by atoms with Crippen LogP contribution in [0.15, 0.2) is 41.0 Å². The number of rotatable bonds is 3. The molecule has 124 valence electrons. The fourth-order valence-electron chi connectivity index (χ4n) is 2.52. The SMILES string of the molecule is Cc1occc1C(=O)O[C@@H](C)C(=O)N1CC(=O)Nc2ccccc21. The lowest BCUT2D eigenvalue weighted by Gasteiger charge is -2.30. The number of anilines is 2. The van der Waals surface area contributed by atoms with E-state index in [9.17, 15) is 14.4 Å². The maximum absolute atomic E-state index is 12.6. The molecule has 0 spiro atoms. The predicted molar refractivity (Wildman–Crippen MR) is 85.7 cm³/mol. The van der Waals surface area contributed by atoms with Crippen molar-refractivity contribution in [2.45, 2.75) is 20.0 Å². The van der Waals surface area contributed by atoms with E-state index in [4.69, 9.17) is 9.15 Å². The fourth-order valence-corrected chi connectivity index (χ4v) is 2.52. The van der Waals surface area contributed by atoms with Gasteiger partial charge in [-0.1, -0.05) is 12.1 Å². The second-order valence-corrected chi connectivity index (χ2v) is 5.43. The van der Waals surface area contributed by atoms with Crippen LogP contribution in [0, 0.1) is 6.92 Å². The van der Waals surface area contributed by atoms with Crippen molar-refractivity contribution in [2.75, 3.05) is 16.8 Å². The Morgan fingerprint density at radius 2 is 2.04 bits per heavy atom. The molecule has 1 aliphatic heterocycles. The van der Waals surface area contributed by atoms with Crippen molar-refractivity contribution in [1.82, 2.24) is 0 Å². The molecule has 3 rings (SSSR count). The summed E-state index contributed by atoms with van der Waals surface area (Å²) < 4.78 is 10.3. The van der Waals surface area contributed by atoms with Gasteiger partial charge in [-0.2, -0.15) is 0 Å². The van der Waals surface area contributed by atoms with E-state index in [1.165, 1.54) is 24.2 Å². The minimum absolute atomic E-state index is 0.123. The largest absolute Gasteiger partial charge is 0.469 e. The van der Waals surface area contributed by atoms with Crippen LogP contribution in [0.25, 0.3) is 0 Å². The van der Waals surface area contributed by atoms with Gasteiger partial charge in [0.25, 0.3) is 5.91 Å². The fraction of sp³-hybridized carbons (Fsp3) is 0.235. The number of carbonyl (C=O) groups excluding carboxylic acids is 3. The number of para-hydroxylation sites is 2. The molecule has 0 unspecified atom stereocenters. The van der Waals surface area contributed by atoms with Gasteiger partial charge in [0.2, 0.25) is 5.91 Å². The molecule has 2 aromatic rings. The van der Waals surface area contributed by atoms with Crippen LogP contribution in [0.5, 0.6) is 0 Å². The highest BCUT2D eigenvalue weighted by atomic mass is 16.5. The van der Waals surface area contributed by atoms with Crippen molar-refractivity contribution < 1.29 is 23.5 Å². The zero-order valence-corrected chi connectivity index (χ0v) is 13.2. The molecule has 7 heteroatoms. The minimum Gasteiger partial charge on any atom is -0.469 e. The van der Waals surface area contributed by atoms with E-state index < -0.39 is 18.0 Å². The predicted octanol–water partition coefficient (Wildman–Crippen LogP) is 2.12. The Labute approximate surface area is 138 Å². The second kappa shape index (κ2) is 6.19. The van der Waals surface area contributed by atoms with E-state index in [-0.39, 0.29) is 18.0 Å². The van der Waals surface area contributed by atoms with Crippen LogP contribution in [0.3, 0.4) is 0 Å². The quantitative estimate of drug-likeness (QED) is 0.872. The molecule has 1 aromatic carbocycles. The van der Waals surface area contributed by atoms with Gasteiger partial charge < -0.3 is 14.5 Å². The summed E-state index contributed by atoms with van der Waals surface area (Å²) in [5.74, 6) is -0.989. The number of hydrogen-bond donors (Lipinski definition) is 1. The van der Waals surface area contributed by atoms with Crippen molar-refractivity contribution in [3.05, 3.63) is 47.9 Å². The molecule has 0 saturated carbocycles. The lowest BCUT2D eigenvalue weighted by molar-refractivity contribution is -0.128. The summed E-state index contributed by atoms with van der Waals surface area (Å²) in [6.07, 6.45) is 0.342. The van der Waals surface area contributed by atoms with Gasteiger partial charge in [-0.05, 0) is 32.0 Å². The van der Waals surface area contributed by atoms with Crippen LogP contribution < -0.4 is 10.2 Å². The van der Waals surface area contributed by atoms with Gasteiger partial charge in [0.1, 0.15) is 17.9 Å². The van der Waals surface area contributed by atoms with E-state index in [1.54, 1.807) is 31.2 Å². The number of nitrogens with zero attached hydrogens (tertiary/aromatic N) is 1. The number of esters is 1. The molecule has 2 heterocycles. The van der Waals surface area contributed by atoms with Crippen LogP contribution in [0.2, 0.25) is 0 Å². The Morgan fingerprint density at radius 1 is 1.29 bits per heavy atom. The van der Waals surface area contributed by atoms with Crippen molar-refractivity contribution in [2.24, 2.45) is 0 Å². The van der Waals surface area contributed by atoms with Crippen LogP contribution >= 0.6 is 0 Å². The van der Waals surface area contributed by atoms with Gasteiger partial charge in [0.05, 0.1) is 17.6 Å². The Bertz CT molecular complexity index is 811. The van der Waals surface area contributed by atoms with Crippen molar-refractivity contribution >= 4 is 29.2 Å². The molecule has 2 amide bonds. The van der Waals surface area contributed by atoms with Crippen molar-refractivity contribution in [1.29, 1.82) is 0 Å². The topological polar surface area (TPSA) is 88.8 Å². The van der Waals surface area contributed by atoms with Gasteiger partial charge in [-0.25, -0.2) is 4.79 Å². The summed E-state index contributed by atoms with van der Waals surface area (Å²) >= 11 is 0. The molecule has 7 nitrogen and oxygen atoms in total. The number of fused-ring (bicyclic) bond motifs is 1. The Balaban J connectivity index is 1.78. The number of furan rings is 1. The molecule has 24 heavy (non-hydrogen) atoms. The summed E-state index contributed by atoms with van der Waals surface area (Å²) in [6, 6.07) is 8.44. The third-order valence-electron chi connectivity index (χ3n) is 3.75. The van der Waals surface area contributed by atoms with Crippen LogP contribution in [0.1, 0.15) is 23.0 Å². The molecule has 0 bridgehead atoms. The molecule has 1 aliphatic rings. The molecule has 0 aliphatic carbocycles. The Kier molecular flexibility index (Phi) is 4.07. The molecule has 1 atom stereocenters. The molecule has 0 radical (unpaired) electrons. The first-order valence-corrected chi connectivity index (χ1v) is 7.42. The third kappa shape index (κ3) is 2.88. The normalized spacial score (nSPS) is 14.6. The average Bonchev–Trinajstić information content (AvgIpc) is 2.99. The first-order valence-electron chi connectivity index (χ1n) is 7.42. The number of benzene rings is 1. The van der Waals surface area contributed by atoms with Gasteiger partial charge in [-0.15, -0.1) is 0 Å². The van der Waals surface area contributed by atoms with E-state index in [2.05, 4.69) is 5.32 Å². The van der Waals surface area contributed by atoms with Gasteiger partial charge >= 0.3 is 5.97 Å². The van der Waals surface area contributed by atoms with E-state index in [1.807, 2.05) is 0 Å². The Morgan fingerprint density at radius 3 is 2.75 bits per heavy atom. The number of hydrogen-bond acceptors (Lipinski definition) is 5. The van der Waals surface area contributed by atoms with Crippen LogP contribution in [0.4, 0.5) is 11.4 Å². The summed E-state index contributed by atoms with van der Waals surface area (Å²) in [5, 5.41) is 2.70. The van der Waals surface area contributed by atoms with Crippen molar-refractivity contribution in [3.8, 4) is 0 Å². The first-order chi connectivity index (χ1) is 11.5. The van der Waals surface area contributed by atoms with Crippen LogP contribution in [-0.2, 0) is 14.3 Å². The zero-order chi connectivity index (χ0) is 17.3. The maximum atomic E-state index is 12.6. The number of carbonyl (C=O) groups is 3. The van der Waals surface area contributed by atoms with Gasteiger partial charge in [-0.3, -0.25) is 14.5 Å². The number of ether oxygens (including phenoxy) is 1. The van der Waals surface area contributed by atoms with E-state index in [0.29, 0.717) is 17.1 Å². The number of amides is 2. The molecule has 0 fully saturated rings. The average molecular weight is 328 g/mol. The van der Waals surface area contributed by atoms with E-state index in [0.717, 1.165) is 0 Å². The van der Waals surface area contributed by atoms with Crippen LogP contribution in [-0.4, -0.2) is 30.4 Å². The maximum Gasteiger partial charge on any atom is 0.342 e. The third-order valence-corrected chi connectivity index (χ3v) is 3.75. The summed E-state index contributed by atoms with van der Waals surface area (Å²) in [6.45, 7) is 2.99. The molecular formula is C17H16N2O5. The van der Waals surface area contributed by atoms with Gasteiger partial charge in [0, 0.05) is 0 Å². The standard InChI is InChI=1S/C17H16N2O5/c1-10-12(7-8-23-10)17(22)24-11(2)16(21)19-9-15(20)18-13-5-3-4-6-14(13)19/h3-8,11H,9H2,1-2H3,(H,18,20)/t11-/m0/s1.